The van der Waals surface area contributed by atoms with Crippen LogP contribution in [0.25, 0.3) is 32.7 Å². The summed E-state index contributed by atoms with van der Waals surface area (Å²) in [6.45, 7) is 0.320. The molecule has 2 fully saturated rings. The van der Waals surface area contributed by atoms with E-state index < -0.39 is 5.60 Å². The zero-order valence-electron chi connectivity index (χ0n) is 22.3. The second-order valence-electron chi connectivity index (χ2n) is 11.7. The molecule has 8 rings (SSSR count). The van der Waals surface area contributed by atoms with E-state index in [1.54, 1.807) is 0 Å². The Kier molecular flexibility index (Phi) is 5.30. The molecule has 198 valence electrons. The lowest BCUT2D eigenvalue weighted by atomic mass is 9.76. The molecule has 0 radical (unpaired) electrons. The minimum absolute atomic E-state index is 0.0396. The van der Waals surface area contributed by atoms with Crippen LogP contribution in [-0.4, -0.2) is 34.8 Å². The van der Waals surface area contributed by atoms with Crippen LogP contribution in [0, 0.1) is 0 Å². The Hall–Kier alpha value is -4.15. The molecule has 1 aliphatic carbocycles. The van der Waals surface area contributed by atoms with Gasteiger partial charge in [0.15, 0.2) is 0 Å². The van der Waals surface area contributed by atoms with Crippen molar-refractivity contribution < 1.29 is 14.6 Å². The minimum Gasteiger partial charge on any atom is -0.448 e. The number of nitrogens with zero attached hydrogens (tertiary/aromatic N) is 1. The van der Waals surface area contributed by atoms with E-state index in [1.807, 2.05) is 29.2 Å². The topological polar surface area (TPSA) is 49.8 Å². The number of hydrogen-bond acceptors (Lipinski definition) is 3. The van der Waals surface area contributed by atoms with Gasteiger partial charge in [-0.3, -0.25) is 0 Å². The molecule has 4 nitrogen and oxygen atoms in total. The molecule has 2 atom stereocenters. The summed E-state index contributed by atoms with van der Waals surface area (Å²) in [4.78, 5) is 15.6. The van der Waals surface area contributed by atoms with Crippen molar-refractivity contribution in [1.29, 1.82) is 0 Å². The van der Waals surface area contributed by atoms with Gasteiger partial charge in [-0.05, 0) is 68.3 Å². The summed E-state index contributed by atoms with van der Waals surface area (Å²) in [6.07, 6.45) is 2.57. The fourth-order valence-corrected chi connectivity index (χ4v) is 7.91. The van der Waals surface area contributed by atoms with Crippen molar-refractivity contribution >= 4 is 27.6 Å². The van der Waals surface area contributed by atoms with Gasteiger partial charge in [-0.1, -0.05) is 97.1 Å². The zero-order valence-corrected chi connectivity index (χ0v) is 22.3. The van der Waals surface area contributed by atoms with E-state index in [9.17, 15) is 9.90 Å². The number of carbonyl (C=O) groups excluding carboxylic acids is 1. The third kappa shape index (κ3) is 3.52. The maximum absolute atomic E-state index is 13.6. The number of fused-ring (bicyclic) bond motifs is 7. The van der Waals surface area contributed by atoms with Crippen molar-refractivity contribution in [3.05, 3.63) is 120 Å². The number of benzene rings is 5. The van der Waals surface area contributed by atoms with Crippen LogP contribution in [0.15, 0.2) is 103 Å². The Balaban J connectivity index is 1.08. The number of ether oxygens (including phenoxy) is 1. The maximum atomic E-state index is 13.6. The molecular formula is C36H31NO3. The third-order valence-corrected chi connectivity index (χ3v) is 9.55. The molecule has 5 aromatic carbocycles. The van der Waals surface area contributed by atoms with Crippen LogP contribution in [0.3, 0.4) is 0 Å². The Labute approximate surface area is 233 Å². The SMILES string of the molecule is O=C(OCC1c2ccccc2-c2ccccc21)N1C2CCC1CC(O)(c1c3ccccc3cc3ccccc13)C2. The molecule has 2 saturated heterocycles. The average Bonchev–Trinajstić information content (AvgIpc) is 3.46. The summed E-state index contributed by atoms with van der Waals surface area (Å²) in [5, 5.41) is 16.8. The number of rotatable bonds is 3. The van der Waals surface area contributed by atoms with Gasteiger partial charge in [-0.2, -0.15) is 0 Å². The van der Waals surface area contributed by atoms with Gasteiger partial charge in [-0.25, -0.2) is 4.79 Å². The van der Waals surface area contributed by atoms with Crippen molar-refractivity contribution in [2.75, 3.05) is 6.61 Å². The first kappa shape index (κ1) is 23.7. The summed E-state index contributed by atoms with van der Waals surface area (Å²) in [5.41, 5.74) is 4.89. The predicted molar refractivity (Wildman–Crippen MR) is 158 cm³/mol. The van der Waals surface area contributed by atoms with Crippen LogP contribution < -0.4 is 0 Å². The number of hydrogen-bond donors (Lipinski definition) is 1. The van der Waals surface area contributed by atoms with E-state index in [1.165, 1.54) is 22.3 Å². The number of aliphatic hydroxyl groups is 1. The lowest BCUT2D eigenvalue weighted by Gasteiger charge is -2.44. The summed E-state index contributed by atoms with van der Waals surface area (Å²) in [7, 11) is 0. The molecule has 0 spiro atoms. The molecular weight excluding hydrogens is 494 g/mol. The predicted octanol–water partition coefficient (Wildman–Crippen LogP) is 7.76. The number of carbonyl (C=O) groups is 1. The van der Waals surface area contributed by atoms with Gasteiger partial charge < -0.3 is 14.7 Å². The molecule has 0 saturated carbocycles. The van der Waals surface area contributed by atoms with Crippen molar-refractivity contribution in [2.24, 2.45) is 0 Å². The largest absolute Gasteiger partial charge is 0.448 e. The molecule has 2 unspecified atom stereocenters. The highest BCUT2D eigenvalue weighted by Gasteiger charge is 2.51. The van der Waals surface area contributed by atoms with Crippen molar-refractivity contribution in [1.82, 2.24) is 4.90 Å². The fourth-order valence-electron chi connectivity index (χ4n) is 7.91. The normalized spacial score (nSPS) is 23.4. The summed E-state index contributed by atoms with van der Waals surface area (Å²) >= 11 is 0. The highest BCUT2D eigenvalue weighted by molar-refractivity contribution is 6.03. The van der Waals surface area contributed by atoms with E-state index in [2.05, 4.69) is 78.9 Å². The van der Waals surface area contributed by atoms with Gasteiger partial charge >= 0.3 is 6.09 Å². The second-order valence-corrected chi connectivity index (χ2v) is 11.7. The Morgan fingerprint density at radius 2 is 1.25 bits per heavy atom. The standard InChI is InChI=1S/C36H31NO3/c38-35(40-22-33-31-15-7-5-13-29(31)30-14-6-8-16-32(30)33)37-25-17-18-26(37)21-36(39,20-25)34-27-11-3-1-9-23(27)19-24-10-2-4-12-28(24)34/h1-16,19,25-26,33,39H,17-18,20-22H2. The summed E-state index contributed by atoms with van der Waals surface area (Å²) < 4.78 is 6.08. The lowest BCUT2D eigenvalue weighted by Crippen LogP contribution is -2.52. The smallest absolute Gasteiger partial charge is 0.410 e. The molecule has 4 heteroatoms. The van der Waals surface area contributed by atoms with Gasteiger partial charge in [0.1, 0.15) is 6.61 Å². The minimum atomic E-state index is -1.01. The van der Waals surface area contributed by atoms with E-state index in [4.69, 9.17) is 4.74 Å². The zero-order chi connectivity index (χ0) is 26.8. The monoisotopic (exact) mass is 525 g/mol. The molecule has 1 amide bonds. The lowest BCUT2D eigenvalue weighted by molar-refractivity contribution is -0.0512. The molecule has 0 aromatic heterocycles. The van der Waals surface area contributed by atoms with Crippen LogP contribution in [-0.2, 0) is 10.3 Å². The average molecular weight is 526 g/mol. The van der Waals surface area contributed by atoms with E-state index in [0.717, 1.165) is 39.9 Å². The quantitative estimate of drug-likeness (QED) is 0.245. The maximum Gasteiger partial charge on any atom is 0.410 e. The van der Waals surface area contributed by atoms with Crippen LogP contribution in [0.5, 0.6) is 0 Å². The Bertz CT molecular complexity index is 1680. The van der Waals surface area contributed by atoms with Crippen LogP contribution in [0.4, 0.5) is 4.79 Å². The van der Waals surface area contributed by atoms with Crippen LogP contribution >= 0.6 is 0 Å². The first-order valence-electron chi connectivity index (χ1n) is 14.4. The molecule has 40 heavy (non-hydrogen) atoms. The first-order valence-corrected chi connectivity index (χ1v) is 14.4. The highest BCUT2D eigenvalue weighted by atomic mass is 16.6. The van der Waals surface area contributed by atoms with E-state index in [-0.39, 0.29) is 24.1 Å². The molecule has 5 aromatic rings. The second kappa shape index (κ2) is 8.94. The van der Waals surface area contributed by atoms with Crippen molar-refractivity contribution in [3.63, 3.8) is 0 Å². The third-order valence-electron chi connectivity index (χ3n) is 9.55. The number of piperidine rings is 1. The van der Waals surface area contributed by atoms with Gasteiger partial charge in [-0.15, -0.1) is 0 Å². The summed E-state index contributed by atoms with van der Waals surface area (Å²) in [6, 6.07) is 35.6. The van der Waals surface area contributed by atoms with Crippen molar-refractivity contribution in [2.45, 2.75) is 49.3 Å². The van der Waals surface area contributed by atoms with Gasteiger partial charge in [0, 0.05) is 30.8 Å². The molecule has 1 N–H and O–H groups in total. The van der Waals surface area contributed by atoms with E-state index in [0.29, 0.717) is 19.4 Å². The first-order chi connectivity index (χ1) is 19.6. The Morgan fingerprint density at radius 1 is 0.750 bits per heavy atom. The summed E-state index contributed by atoms with van der Waals surface area (Å²) in [5.74, 6) is 0.0396. The molecule has 2 heterocycles. The van der Waals surface area contributed by atoms with Gasteiger partial charge in [0.05, 0.1) is 5.60 Å². The molecule has 3 aliphatic rings. The Morgan fingerprint density at radius 3 is 1.82 bits per heavy atom. The van der Waals surface area contributed by atoms with Gasteiger partial charge in [0.2, 0.25) is 0 Å². The van der Waals surface area contributed by atoms with Crippen molar-refractivity contribution in [3.8, 4) is 11.1 Å². The molecule has 2 aliphatic heterocycles. The highest BCUT2D eigenvalue weighted by Crippen LogP contribution is 2.50. The molecule has 2 bridgehead atoms. The van der Waals surface area contributed by atoms with Crippen LogP contribution in [0.1, 0.15) is 48.3 Å². The van der Waals surface area contributed by atoms with Crippen LogP contribution in [0.2, 0.25) is 0 Å². The number of amides is 1. The van der Waals surface area contributed by atoms with E-state index >= 15 is 0 Å². The van der Waals surface area contributed by atoms with Gasteiger partial charge in [0.25, 0.3) is 0 Å². The fraction of sp³-hybridized carbons (Fsp3) is 0.250.